The molecule has 0 atom stereocenters. The lowest BCUT2D eigenvalue weighted by Gasteiger charge is -2.19. The zero-order valence-electron chi connectivity index (χ0n) is 12.1. The molecule has 22 heavy (non-hydrogen) atoms. The molecule has 0 unspecified atom stereocenters. The van der Waals surface area contributed by atoms with E-state index < -0.39 is 0 Å². The fourth-order valence-corrected chi connectivity index (χ4v) is 1.96. The first-order chi connectivity index (χ1) is 10.4. The Morgan fingerprint density at radius 2 is 2.05 bits per heavy atom. The lowest BCUT2D eigenvalue weighted by Crippen LogP contribution is -2.45. The van der Waals surface area contributed by atoms with E-state index in [1.165, 1.54) is 18.1 Å². The molecule has 3 N–H and O–H groups in total. The molecule has 0 bridgehead atoms. The van der Waals surface area contributed by atoms with Gasteiger partial charge in [0.2, 0.25) is 5.91 Å². The van der Waals surface area contributed by atoms with E-state index in [-0.39, 0.29) is 16.9 Å². The maximum absolute atomic E-state index is 12.5. The van der Waals surface area contributed by atoms with Gasteiger partial charge >= 0.3 is 0 Å². The van der Waals surface area contributed by atoms with Crippen molar-refractivity contribution < 1.29 is 9.59 Å². The SMILES string of the molecule is CC(=O)NN(/C=C1/C(=O)N(c2ccccc2)N=C1C)C(N)=S. The number of hydrogen-bond donors (Lipinski definition) is 2. The van der Waals surface area contributed by atoms with E-state index in [9.17, 15) is 9.59 Å². The van der Waals surface area contributed by atoms with Crippen molar-refractivity contribution in [2.45, 2.75) is 13.8 Å². The standard InChI is InChI=1S/C14H15N5O2S/c1-9-12(8-18(14(15)22)17-10(2)20)13(21)19(16-9)11-6-4-3-5-7-11/h3-8H,1-2H3,(H2,15,22)(H,17,20)/b12-8+. The molecule has 0 saturated heterocycles. The predicted octanol–water partition coefficient (Wildman–Crippen LogP) is 0.890. The number of hydrazine groups is 1. The van der Waals surface area contributed by atoms with Crippen molar-refractivity contribution >= 4 is 40.5 Å². The molecule has 0 aromatic heterocycles. The Bertz CT molecular complexity index is 684. The summed E-state index contributed by atoms with van der Waals surface area (Å²) in [4.78, 5) is 23.6. The maximum Gasteiger partial charge on any atom is 0.282 e. The number of carbonyl (C=O) groups excluding carboxylic acids is 2. The number of benzene rings is 1. The summed E-state index contributed by atoms with van der Waals surface area (Å²) in [7, 11) is 0. The first kappa shape index (κ1) is 15.6. The summed E-state index contributed by atoms with van der Waals surface area (Å²) < 4.78 is 0. The second-order valence-electron chi connectivity index (χ2n) is 4.56. The van der Waals surface area contributed by atoms with Gasteiger partial charge in [0.25, 0.3) is 5.91 Å². The summed E-state index contributed by atoms with van der Waals surface area (Å²) in [6, 6.07) is 9.03. The molecule has 7 nitrogen and oxygen atoms in total. The highest BCUT2D eigenvalue weighted by Gasteiger charge is 2.29. The summed E-state index contributed by atoms with van der Waals surface area (Å²) in [5, 5.41) is 6.55. The average molecular weight is 317 g/mol. The third-order valence-electron chi connectivity index (χ3n) is 2.84. The van der Waals surface area contributed by atoms with Crippen molar-refractivity contribution in [2.24, 2.45) is 10.8 Å². The first-order valence-electron chi connectivity index (χ1n) is 6.43. The van der Waals surface area contributed by atoms with E-state index in [4.69, 9.17) is 18.0 Å². The van der Waals surface area contributed by atoms with Crippen LogP contribution in [0.25, 0.3) is 0 Å². The number of anilines is 1. The van der Waals surface area contributed by atoms with Crippen LogP contribution in [0.15, 0.2) is 47.2 Å². The van der Waals surface area contributed by atoms with Crippen LogP contribution in [-0.4, -0.2) is 27.6 Å². The van der Waals surface area contributed by atoms with E-state index in [0.717, 1.165) is 5.01 Å². The Morgan fingerprint density at radius 3 is 2.59 bits per heavy atom. The van der Waals surface area contributed by atoms with Crippen LogP contribution in [0.1, 0.15) is 13.8 Å². The minimum atomic E-state index is -0.357. The monoisotopic (exact) mass is 317 g/mol. The molecular formula is C14H15N5O2S. The van der Waals surface area contributed by atoms with Crippen LogP contribution < -0.4 is 16.2 Å². The molecule has 8 heteroatoms. The Kier molecular flexibility index (Phi) is 4.52. The highest BCUT2D eigenvalue weighted by Crippen LogP contribution is 2.23. The summed E-state index contributed by atoms with van der Waals surface area (Å²) in [6.07, 6.45) is 1.37. The molecule has 1 aromatic carbocycles. The van der Waals surface area contributed by atoms with Crippen molar-refractivity contribution in [2.75, 3.05) is 5.01 Å². The molecule has 0 saturated carbocycles. The van der Waals surface area contributed by atoms with E-state index in [1.807, 2.05) is 18.2 Å². The Balaban J connectivity index is 2.31. The zero-order valence-corrected chi connectivity index (χ0v) is 12.9. The van der Waals surface area contributed by atoms with Crippen molar-refractivity contribution in [3.8, 4) is 0 Å². The van der Waals surface area contributed by atoms with E-state index in [2.05, 4.69) is 10.5 Å². The fourth-order valence-electron chi connectivity index (χ4n) is 1.86. The molecular weight excluding hydrogens is 302 g/mol. The van der Waals surface area contributed by atoms with Crippen LogP contribution >= 0.6 is 12.2 Å². The van der Waals surface area contributed by atoms with Gasteiger partial charge in [0, 0.05) is 13.1 Å². The highest BCUT2D eigenvalue weighted by atomic mass is 32.1. The molecule has 0 aliphatic carbocycles. The number of hydrazone groups is 1. The van der Waals surface area contributed by atoms with Crippen molar-refractivity contribution in [3.05, 3.63) is 42.1 Å². The second kappa shape index (κ2) is 6.35. The minimum Gasteiger partial charge on any atom is -0.374 e. The Hall–Kier alpha value is -2.74. The molecule has 0 fully saturated rings. The number of nitrogens with zero attached hydrogens (tertiary/aromatic N) is 3. The molecule has 1 heterocycles. The lowest BCUT2D eigenvalue weighted by atomic mass is 10.2. The van der Waals surface area contributed by atoms with Crippen molar-refractivity contribution in [1.82, 2.24) is 10.4 Å². The van der Waals surface area contributed by atoms with Crippen LogP contribution in [0.3, 0.4) is 0 Å². The molecule has 1 aliphatic heterocycles. The molecule has 2 rings (SSSR count). The number of thiocarbonyl (C=S) groups is 1. The number of amides is 2. The van der Waals surface area contributed by atoms with Crippen molar-refractivity contribution in [3.63, 3.8) is 0 Å². The molecule has 114 valence electrons. The molecule has 1 aromatic rings. The zero-order chi connectivity index (χ0) is 16.3. The smallest absolute Gasteiger partial charge is 0.282 e. The Morgan fingerprint density at radius 1 is 1.41 bits per heavy atom. The number of rotatable bonds is 2. The van der Waals surface area contributed by atoms with Gasteiger partial charge in [-0.3, -0.25) is 15.0 Å². The van der Waals surface area contributed by atoms with E-state index >= 15 is 0 Å². The summed E-state index contributed by atoms with van der Waals surface area (Å²) in [5.74, 6) is -0.681. The van der Waals surface area contributed by atoms with Gasteiger partial charge in [-0.05, 0) is 31.3 Å². The van der Waals surface area contributed by atoms with Gasteiger partial charge in [-0.1, -0.05) is 18.2 Å². The van der Waals surface area contributed by atoms with Gasteiger partial charge in [-0.2, -0.15) is 10.1 Å². The number of carbonyl (C=O) groups is 2. The average Bonchev–Trinajstić information content (AvgIpc) is 2.75. The molecule has 2 amide bonds. The van der Waals surface area contributed by atoms with Crippen LogP contribution in [0.4, 0.5) is 5.69 Å². The topological polar surface area (TPSA) is 91.0 Å². The number of nitrogens with two attached hydrogens (primary N) is 1. The van der Waals surface area contributed by atoms with Crippen LogP contribution in [0.2, 0.25) is 0 Å². The largest absolute Gasteiger partial charge is 0.374 e. The summed E-state index contributed by atoms with van der Waals surface area (Å²) in [5.41, 5.74) is 9.41. The third-order valence-corrected chi connectivity index (χ3v) is 3.03. The van der Waals surface area contributed by atoms with Gasteiger partial charge in [0.1, 0.15) is 0 Å². The number of hydrogen-bond acceptors (Lipinski definition) is 4. The van der Waals surface area contributed by atoms with Gasteiger partial charge in [-0.15, -0.1) is 0 Å². The quantitative estimate of drug-likeness (QED) is 0.480. The second-order valence-corrected chi connectivity index (χ2v) is 4.98. The minimum absolute atomic E-state index is 0.0820. The molecule has 1 aliphatic rings. The fraction of sp³-hybridized carbons (Fsp3) is 0.143. The van der Waals surface area contributed by atoms with E-state index in [0.29, 0.717) is 17.0 Å². The van der Waals surface area contributed by atoms with Crippen LogP contribution in [-0.2, 0) is 9.59 Å². The highest BCUT2D eigenvalue weighted by molar-refractivity contribution is 7.80. The van der Waals surface area contributed by atoms with Gasteiger partial charge in [0.15, 0.2) is 5.11 Å². The summed E-state index contributed by atoms with van der Waals surface area (Å²) >= 11 is 4.85. The molecule has 0 spiro atoms. The van der Waals surface area contributed by atoms with Gasteiger partial charge in [-0.25, -0.2) is 5.01 Å². The van der Waals surface area contributed by atoms with Crippen molar-refractivity contribution in [1.29, 1.82) is 0 Å². The normalized spacial score (nSPS) is 15.7. The number of para-hydroxylation sites is 1. The predicted molar refractivity (Wildman–Crippen MR) is 87.6 cm³/mol. The lowest BCUT2D eigenvalue weighted by molar-refractivity contribution is -0.121. The third kappa shape index (κ3) is 3.29. The first-order valence-corrected chi connectivity index (χ1v) is 6.83. The number of nitrogens with one attached hydrogen (secondary N) is 1. The van der Waals surface area contributed by atoms with Crippen LogP contribution in [0.5, 0.6) is 0 Å². The van der Waals surface area contributed by atoms with E-state index in [1.54, 1.807) is 19.1 Å². The molecule has 0 radical (unpaired) electrons. The summed E-state index contributed by atoms with van der Waals surface area (Å²) in [6.45, 7) is 3.01. The Labute approximate surface area is 133 Å². The maximum atomic E-state index is 12.5. The van der Waals surface area contributed by atoms with Gasteiger partial charge in [0.05, 0.1) is 17.0 Å². The van der Waals surface area contributed by atoms with Crippen LogP contribution in [0, 0.1) is 0 Å². The van der Waals surface area contributed by atoms with Gasteiger partial charge < -0.3 is 5.73 Å².